The summed E-state index contributed by atoms with van der Waals surface area (Å²) in [6.07, 6.45) is 0. The molecule has 0 unspecified atom stereocenters. The number of rotatable bonds is 4. The van der Waals surface area contributed by atoms with Gasteiger partial charge in [0.15, 0.2) is 5.75 Å². The third kappa shape index (κ3) is 3.16. The van der Waals surface area contributed by atoms with Gasteiger partial charge in [-0.2, -0.15) is 0 Å². The van der Waals surface area contributed by atoms with Gasteiger partial charge in [-0.1, -0.05) is 42.5 Å². The molecule has 5 heteroatoms. The third-order valence-corrected chi connectivity index (χ3v) is 3.65. The first-order valence-corrected chi connectivity index (χ1v) is 7.59. The fourth-order valence-electron chi connectivity index (χ4n) is 2.61. The van der Waals surface area contributed by atoms with Gasteiger partial charge in [0.05, 0.1) is 0 Å². The summed E-state index contributed by atoms with van der Waals surface area (Å²) in [7, 11) is 3.50. The number of fused-ring (bicyclic) bond motifs is 1. The van der Waals surface area contributed by atoms with Gasteiger partial charge in [0.1, 0.15) is 11.4 Å². The molecule has 122 valence electrons. The van der Waals surface area contributed by atoms with Crippen molar-refractivity contribution in [1.82, 2.24) is 5.01 Å². The van der Waals surface area contributed by atoms with Crippen LogP contribution >= 0.6 is 0 Å². The highest BCUT2D eigenvalue weighted by molar-refractivity contribution is 5.91. The lowest BCUT2D eigenvalue weighted by atomic mass is 10.1. The van der Waals surface area contributed by atoms with Crippen molar-refractivity contribution < 1.29 is 9.53 Å². The van der Waals surface area contributed by atoms with Gasteiger partial charge in [0.25, 0.3) is 0 Å². The molecule has 3 rings (SSSR count). The number of hydrazine groups is 1. The maximum Gasteiger partial charge on any atom is 0.334 e. The van der Waals surface area contributed by atoms with Gasteiger partial charge in [-0.25, -0.2) is 14.8 Å². The summed E-state index contributed by atoms with van der Waals surface area (Å²) in [5.74, 6) is 1.25. The smallest absolute Gasteiger partial charge is 0.334 e. The average Bonchev–Trinajstić information content (AvgIpc) is 2.56. The molecule has 0 aliphatic rings. The molecule has 0 saturated carbocycles. The maximum absolute atomic E-state index is 11.8. The normalized spacial score (nSPS) is 10.8. The molecule has 0 fully saturated rings. The standard InChI is InChI=1S/C19H19N3O2/c1-21(2)22(19(20)23)17-9-5-6-10-18(17)24-16-12-11-14-7-3-4-8-15(14)13-16/h3-13H,1-2H3,(H2,20,23). The zero-order chi connectivity index (χ0) is 17.1. The molecule has 0 saturated heterocycles. The van der Waals surface area contributed by atoms with Crippen LogP contribution in [-0.2, 0) is 0 Å². The van der Waals surface area contributed by atoms with Crippen molar-refractivity contribution in [3.05, 3.63) is 66.7 Å². The zero-order valence-corrected chi connectivity index (χ0v) is 13.6. The number of anilines is 1. The summed E-state index contributed by atoms with van der Waals surface area (Å²) >= 11 is 0. The van der Waals surface area contributed by atoms with E-state index in [1.807, 2.05) is 60.7 Å². The molecule has 0 aliphatic carbocycles. The molecule has 3 aromatic rings. The number of urea groups is 1. The van der Waals surface area contributed by atoms with E-state index in [4.69, 9.17) is 10.5 Å². The first kappa shape index (κ1) is 15.8. The van der Waals surface area contributed by atoms with Crippen molar-refractivity contribution in [2.75, 3.05) is 19.1 Å². The number of ether oxygens (including phenoxy) is 1. The van der Waals surface area contributed by atoms with Crippen LogP contribution in [0.4, 0.5) is 10.5 Å². The minimum Gasteiger partial charge on any atom is -0.455 e. The number of nitrogens with zero attached hydrogens (tertiary/aromatic N) is 2. The monoisotopic (exact) mass is 321 g/mol. The van der Waals surface area contributed by atoms with Gasteiger partial charge in [-0.3, -0.25) is 0 Å². The Labute approximate surface area is 140 Å². The van der Waals surface area contributed by atoms with Crippen molar-refractivity contribution in [3.8, 4) is 11.5 Å². The van der Waals surface area contributed by atoms with E-state index in [0.717, 1.165) is 10.8 Å². The molecule has 0 radical (unpaired) electrons. The topological polar surface area (TPSA) is 58.8 Å². The van der Waals surface area contributed by atoms with Crippen LogP contribution in [0.2, 0.25) is 0 Å². The molecule has 2 N–H and O–H groups in total. The summed E-state index contributed by atoms with van der Waals surface area (Å²) < 4.78 is 6.02. The predicted octanol–water partition coefficient (Wildman–Crippen LogP) is 3.99. The van der Waals surface area contributed by atoms with Crippen molar-refractivity contribution in [2.45, 2.75) is 0 Å². The Kier molecular flexibility index (Phi) is 4.35. The number of hydrogen-bond donors (Lipinski definition) is 1. The van der Waals surface area contributed by atoms with Crippen LogP contribution in [0.3, 0.4) is 0 Å². The Hall–Kier alpha value is -3.05. The van der Waals surface area contributed by atoms with Crippen LogP contribution in [0.15, 0.2) is 66.7 Å². The molecular formula is C19H19N3O2. The van der Waals surface area contributed by atoms with E-state index in [9.17, 15) is 4.79 Å². The van der Waals surface area contributed by atoms with Crippen molar-refractivity contribution in [3.63, 3.8) is 0 Å². The number of hydrogen-bond acceptors (Lipinski definition) is 3. The Morgan fingerprint density at radius 3 is 2.29 bits per heavy atom. The van der Waals surface area contributed by atoms with E-state index in [-0.39, 0.29) is 0 Å². The van der Waals surface area contributed by atoms with Gasteiger partial charge in [0.2, 0.25) is 0 Å². The lowest BCUT2D eigenvalue weighted by Gasteiger charge is -2.28. The number of para-hydroxylation sites is 2. The lowest BCUT2D eigenvalue weighted by molar-refractivity contribution is 0.238. The van der Waals surface area contributed by atoms with Crippen LogP contribution in [0.5, 0.6) is 11.5 Å². The Balaban J connectivity index is 1.98. The minimum atomic E-state index is -0.574. The fraction of sp³-hybridized carbons (Fsp3) is 0.105. The van der Waals surface area contributed by atoms with Gasteiger partial charge in [-0.05, 0) is 35.0 Å². The third-order valence-electron chi connectivity index (χ3n) is 3.65. The van der Waals surface area contributed by atoms with Gasteiger partial charge >= 0.3 is 6.03 Å². The second-order valence-corrected chi connectivity index (χ2v) is 5.58. The van der Waals surface area contributed by atoms with E-state index >= 15 is 0 Å². The quantitative estimate of drug-likeness (QED) is 0.739. The highest BCUT2D eigenvalue weighted by atomic mass is 16.5. The highest BCUT2D eigenvalue weighted by Crippen LogP contribution is 2.33. The second-order valence-electron chi connectivity index (χ2n) is 5.58. The van der Waals surface area contributed by atoms with Crippen LogP contribution in [0.1, 0.15) is 0 Å². The van der Waals surface area contributed by atoms with E-state index < -0.39 is 6.03 Å². The minimum absolute atomic E-state index is 0.556. The van der Waals surface area contributed by atoms with Gasteiger partial charge in [0, 0.05) is 14.1 Å². The fourth-order valence-corrected chi connectivity index (χ4v) is 2.61. The number of benzene rings is 3. The zero-order valence-electron chi connectivity index (χ0n) is 13.6. The molecule has 0 atom stereocenters. The predicted molar refractivity (Wildman–Crippen MR) is 96.2 cm³/mol. The summed E-state index contributed by atoms with van der Waals surface area (Å²) in [6.45, 7) is 0. The van der Waals surface area contributed by atoms with Gasteiger partial charge < -0.3 is 10.5 Å². The van der Waals surface area contributed by atoms with E-state index in [1.165, 1.54) is 5.01 Å². The molecule has 3 aromatic carbocycles. The molecule has 2 amide bonds. The number of amides is 2. The van der Waals surface area contributed by atoms with E-state index in [1.54, 1.807) is 25.2 Å². The summed E-state index contributed by atoms with van der Waals surface area (Å²) in [4.78, 5) is 11.8. The first-order chi connectivity index (χ1) is 11.6. The first-order valence-electron chi connectivity index (χ1n) is 7.59. The molecule has 0 bridgehead atoms. The molecule has 24 heavy (non-hydrogen) atoms. The SMILES string of the molecule is CN(C)N(C(N)=O)c1ccccc1Oc1ccc2ccccc2c1. The lowest BCUT2D eigenvalue weighted by Crippen LogP contribution is -2.45. The van der Waals surface area contributed by atoms with Crippen LogP contribution in [0, 0.1) is 0 Å². The molecule has 0 aliphatic heterocycles. The molecule has 0 spiro atoms. The van der Waals surface area contributed by atoms with Crippen molar-refractivity contribution in [2.24, 2.45) is 5.73 Å². The molecule has 0 aromatic heterocycles. The maximum atomic E-state index is 11.8. The Morgan fingerprint density at radius 2 is 1.58 bits per heavy atom. The molecule has 0 heterocycles. The molecule has 5 nitrogen and oxygen atoms in total. The number of primary amides is 1. The Bertz CT molecular complexity index is 877. The summed E-state index contributed by atoms with van der Waals surface area (Å²) in [5.41, 5.74) is 6.08. The van der Waals surface area contributed by atoms with Crippen LogP contribution < -0.4 is 15.5 Å². The summed E-state index contributed by atoms with van der Waals surface area (Å²) in [5, 5.41) is 5.21. The second kappa shape index (κ2) is 6.60. The Morgan fingerprint density at radius 1 is 0.917 bits per heavy atom. The van der Waals surface area contributed by atoms with Crippen molar-refractivity contribution in [1.29, 1.82) is 0 Å². The molecular weight excluding hydrogens is 302 g/mol. The average molecular weight is 321 g/mol. The van der Waals surface area contributed by atoms with Gasteiger partial charge in [-0.15, -0.1) is 0 Å². The summed E-state index contributed by atoms with van der Waals surface area (Å²) in [6, 6.07) is 20.7. The van der Waals surface area contributed by atoms with E-state index in [0.29, 0.717) is 17.2 Å². The number of nitrogens with two attached hydrogens (primary N) is 1. The number of carbonyl (C=O) groups is 1. The van der Waals surface area contributed by atoms with Crippen LogP contribution in [-0.4, -0.2) is 25.1 Å². The van der Waals surface area contributed by atoms with E-state index in [2.05, 4.69) is 0 Å². The highest BCUT2D eigenvalue weighted by Gasteiger charge is 2.19. The van der Waals surface area contributed by atoms with Crippen LogP contribution in [0.25, 0.3) is 10.8 Å². The number of carbonyl (C=O) groups excluding carboxylic acids is 1. The largest absolute Gasteiger partial charge is 0.455 e. The van der Waals surface area contributed by atoms with Crippen molar-refractivity contribution >= 4 is 22.5 Å².